The van der Waals surface area contributed by atoms with E-state index in [1.54, 1.807) is 0 Å². The maximum Gasteiger partial charge on any atom is 0.141 e. The molecule has 0 bridgehead atoms. The van der Waals surface area contributed by atoms with Crippen LogP contribution in [0.3, 0.4) is 0 Å². The number of halogens is 2. The summed E-state index contributed by atoms with van der Waals surface area (Å²) in [6, 6.07) is 4.08. The van der Waals surface area contributed by atoms with Gasteiger partial charge in [0.25, 0.3) is 0 Å². The normalized spacial score (nSPS) is 12.7. The second-order valence-corrected chi connectivity index (χ2v) is 3.70. The highest BCUT2D eigenvalue weighted by atomic mass is 35.5. The fraction of sp³-hybridized carbons (Fsp3) is 0.143. The average molecular weight is 208 g/mol. The van der Waals surface area contributed by atoms with Gasteiger partial charge in [0.05, 0.1) is 22.1 Å². The van der Waals surface area contributed by atoms with E-state index >= 15 is 0 Å². The Bertz CT molecular complexity index is 282. The summed E-state index contributed by atoms with van der Waals surface area (Å²) >= 11 is 4.32. The second kappa shape index (κ2) is 3.98. The fourth-order valence-electron chi connectivity index (χ4n) is 0.726. The van der Waals surface area contributed by atoms with E-state index in [-0.39, 0.29) is 5.02 Å². The molecule has 1 N–H and O–H groups in total. The van der Waals surface area contributed by atoms with Crippen LogP contribution >= 0.6 is 11.6 Å². The van der Waals surface area contributed by atoms with Gasteiger partial charge in [0.1, 0.15) is 12.1 Å². The first-order valence-corrected chi connectivity index (χ1v) is 5.08. The van der Waals surface area contributed by atoms with Crippen molar-refractivity contribution in [2.24, 2.45) is 0 Å². The SMILES string of the molecule is C[S+]([O-])Nc1ccc(F)c(Cl)c1. The molecule has 66 valence electrons. The predicted octanol–water partition coefficient (Wildman–Crippen LogP) is 2.18. The highest BCUT2D eigenvalue weighted by molar-refractivity contribution is 7.92. The summed E-state index contributed by atoms with van der Waals surface area (Å²) in [5, 5.41) is 0.0189. The summed E-state index contributed by atoms with van der Waals surface area (Å²) in [5.74, 6) is -0.482. The van der Waals surface area contributed by atoms with E-state index < -0.39 is 17.2 Å². The lowest BCUT2D eigenvalue weighted by Gasteiger charge is -2.06. The zero-order valence-electron chi connectivity index (χ0n) is 6.30. The molecule has 0 aromatic heterocycles. The van der Waals surface area contributed by atoms with E-state index in [1.165, 1.54) is 24.5 Å². The highest BCUT2D eigenvalue weighted by Crippen LogP contribution is 2.19. The van der Waals surface area contributed by atoms with Crippen LogP contribution in [0.15, 0.2) is 18.2 Å². The molecule has 0 saturated carbocycles. The molecule has 0 saturated heterocycles. The van der Waals surface area contributed by atoms with Crippen molar-refractivity contribution in [3.8, 4) is 0 Å². The van der Waals surface area contributed by atoms with Gasteiger partial charge in [-0.05, 0) is 18.2 Å². The van der Waals surface area contributed by atoms with Gasteiger partial charge in [-0.2, -0.15) is 0 Å². The van der Waals surface area contributed by atoms with Crippen molar-refractivity contribution in [1.82, 2.24) is 0 Å². The van der Waals surface area contributed by atoms with Gasteiger partial charge in [-0.25, -0.2) is 9.11 Å². The molecule has 5 heteroatoms. The topological polar surface area (TPSA) is 35.1 Å². The third kappa shape index (κ3) is 2.55. The molecule has 0 spiro atoms. The molecule has 2 nitrogen and oxygen atoms in total. The van der Waals surface area contributed by atoms with Gasteiger partial charge in [0.15, 0.2) is 0 Å². The van der Waals surface area contributed by atoms with Gasteiger partial charge in [0, 0.05) is 0 Å². The van der Waals surface area contributed by atoms with Gasteiger partial charge >= 0.3 is 0 Å². The van der Waals surface area contributed by atoms with Crippen LogP contribution in [-0.4, -0.2) is 10.8 Å². The summed E-state index contributed by atoms with van der Waals surface area (Å²) in [5.41, 5.74) is 0.544. The van der Waals surface area contributed by atoms with Crippen molar-refractivity contribution in [3.63, 3.8) is 0 Å². The molecule has 0 fully saturated rings. The summed E-state index contributed by atoms with van der Waals surface area (Å²) in [4.78, 5) is 0. The molecular weight excluding hydrogens is 201 g/mol. The van der Waals surface area contributed by atoms with E-state index in [1.807, 2.05) is 0 Å². The van der Waals surface area contributed by atoms with E-state index in [0.717, 1.165) is 0 Å². The number of hydrogen-bond donors (Lipinski definition) is 1. The third-order valence-corrected chi connectivity index (χ3v) is 1.99. The number of anilines is 1. The minimum atomic E-state index is -1.16. The number of rotatable bonds is 2. The first-order chi connectivity index (χ1) is 5.59. The van der Waals surface area contributed by atoms with E-state index in [4.69, 9.17) is 11.6 Å². The van der Waals surface area contributed by atoms with Crippen LogP contribution in [0.4, 0.5) is 10.1 Å². The van der Waals surface area contributed by atoms with Gasteiger partial charge in [0.2, 0.25) is 0 Å². The molecule has 0 heterocycles. The van der Waals surface area contributed by atoms with Crippen LogP contribution in [0.25, 0.3) is 0 Å². The molecular formula is C7H7ClFNOS. The molecule has 1 atom stereocenters. The van der Waals surface area contributed by atoms with Gasteiger partial charge in [-0.1, -0.05) is 11.6 Å². The van der Waals surface area contributed by atoms with E-state index in [9.17, 15) is 8.94 Å². The molecule has 0 amide bonds. The Labute approximate surface area is 78.0 Å². The highest BCUT2D eigenvalue weighted by Gasteiger charge is 2.03. The Morgan fingerprint density at radius 2 is 2.25 bits per heavy atom. The van der Waals surface area contributed by atoms with Crippen LogP contribution in [0.5, 0.6) is 0 Å². The zero-order valence-corrected chi connectivity index (χ0v) is 7.88. The molecule has 1 aromatic rings. The Morgan fingerprint density at radius 3 is 2.75 bits per heavy atom. The van der Waals surface area contributed by atoms with Crippen LogP contribution in [-0.2, 0) is 11.4 Å². The van der Waals surface area contributed by atoms with Crippen molar-refractivity contribution < 1.29 is 8.94 Å². The van der Waals surface area contributed by atoms with Crippen LogP contribution in [0.1, 0.15) is 0 Å². The minimum absolute atomic E-state index is 0.0189. The average Bonchev–Trinajstić information content (AvgIpc) is 1.96. The maximum atomic E-state index is 12.6. The fourth-order valence-corrected chi connectivity index (χ4v) is 1.37. The number of benzene rings is 1. The molecule has 0 aliphatic carbocycles. The van der Waals surface area contributed by atoms with E-state index in [0.29, 0.717) is 5.69 Å². The summed E-state index contributed by atoms with van der Waals surface area (Å²) in [6.45, 7) is 0. The lowest BCUT2D eigenvalue weighted by Crippen LogP contribution is -2.09. The lowest BCUT2D eigenvalue weighted by atomic mass is 10.3. The number of nitrogens with one attached hydrogen (secondary N) is 1. The van der Waals surface area contributed by atoms with Gasteiger partial charge in [-0.3, -0.25) is 0 Å². The van der Waals surface area contributed by atoms with E-state index in [2.05, 4.69) is 4.72 Å². The molecule has 1 unspecified atom stereocenters. The van der Waals surface area contributed by atoms with Crippen molar-refractivity contribution in [3.05, 3.63) is 29.0 Å². The second-order valence-electron chi connectivity index (χ2n) is 2.19. The molecule has 12 heavy (non-hydrogen) atoms. The van der Waals surface area contributed by atoms with Crippen LogP contribution in [0.2, 0.25) is 5.02 Å². The first-order valence-electron chi connectivity index (χ1n) is 3.15. The zero-order chi connectivity index (χ0) is 9.14. The van der Waals surface area contributed by atoms with Crippen molar-refractivity contribution in [2.45, 2.75) is 0 Å². The van der Waals surface area contributed by atoms with Crippen LogP contribution < -0.4 is 4.72 Å². The standard InChI is InChI=1S/C7H7ClFNOS/c1-12(11)10-5-2-3-7(9)6(8)4-5/h2-4,10H,1H3. The van der Waals surface area contributed by atoms with Gasteiger partial charge in [-0.15, -0.1) is 0 Å². The molecule has 0 radical (unpaired) electrons. The Hall–Kier alpha value is -0.450. The maximum absolute atomic E-state index is 12.6. The largest absolute Gasteiger partial charge is 0.593 e. The lowest BCUT2D eigenvalue weighted by molar-refractivity contribution is 0.605. The Morgan fingerprint density at radius 1 is 1.58 bits per heavy atom. The summed E-state index contributed by atoms with van der Waals surface area (Å²) < 4.78 is 25.9. The van der Waals surface area contributed by atoms with Crippen LogP contribution in [0, 0.1) is 5.82 Å². The van der Waals surface area contributed by atoms with Crippen molar-refractivity contribution in [1.29, 1.82) is 0 Å². The number of hydrogen-bond acceptors (Lipinski definition) is 2. The van der Waals surface area contributed by atoms with Crippen molar-refractivity contribution >= 4 is 28.7 Å². The first kappa shape index (κ1) is 9.64. The van der Waals surface area contributed by atoms with Crippen molar-refractivity contribution in [2.75, 3.05) is 11.0 Å². The minimum Gasteiger partial charge on any atom is -0.593 e. The molecule has 0 aliphatic heterocycles. The Kier molecular flexibility index (Phi) is 3.20. The molecule has 1 rings (SSSR count). The molecule has 0 aliphatic rings. The quantitative estimate of drug-likeness (QED) is 0.755. The predicted molar refractivity (Wildman–Crippen MR) is 49.1 cm³/mol. The monoisotopic (exact) mass is 207 g/mol. The summed E-state index contributed by atoms with van der Waals surface area (Å²) in [6.07, 6.45) is 1.48. The third-order valence-electron chi connectivity index (χ3n) is 1.18. The Balaban J connectivity index is 2.82. The smallest absolute Gasteiger partial charge is 0.141 e. The summed E-state index contributed by atoms with van der Waals surface area (Å²) in [7, 11) is 0. The molecule has 1 aromatic carbocycles. The van der Waals surface area contributed by atoms with Gasteiger partial charge < -0.3 is 4.55 Å².